The number of aryl methyl sites for hydroxylation is 4. The predicted octanol–water partition coefficient (Wildman–Crippen LogP) is 8.62. The van der Waals surface area contributed by atoms with Gasteiger partial charge in [-0.15, -0.1) is 10.2 Å². The van der Waals surface area contributed by atoms with E-state index in [0.29, 0.717) is 27.9 Å². The number of phenols is 1. The molecule has 4 aromatic rings. The van der Waals surface area contributed by atoms with Gasteiger partial charge in [-0.2, -0.15) is 10.2 Å². The largest absolute Gasteiger partial charge is 0.505 e. The summed E-state index contributed by atoms with van der Waals surface area (Å²) in [7, 11) is 1.59. The summed E-state index contributed by atoms with van der Waals surface area (Å²) in [4.78, 5) is 0. The lowest BCUT2D eigenvalue weighted by Gasteiger charge is -2.11. The van der Waals surface area contributed by atoms with Crippen LogP contribution in [0, 0.1) is 27.7 Å². The third-order valence-corrected chi connectivity index (χ3v) is 5.23. The molecule has 0 heterocycles. The Bertz CT molecular complexity index is 1370. The monoisotopic (exact) mass is 438 g/mol. The van der Waals surface area contributed by atoms with E-state index in [1.807, 2.05) is 64.1 Å². The minimum atomic E-state index is 0.0161. The van der Waals surface area contributed by atoms with Crippen molar-refractivity contribution >= 4 is 33.5 Å². The van der Waals surface area contributed by atoms with Gasteiger partial charge in [0.05, 0.1) is 29.6 Å². The smallest absolute Gasteiger partial charge is 0.151 e. The van der Waals surface area contributed by atoms with Crippen molar-refractivity contribution in [1.82, 2.24) is 0 Å². The lowest BCUT2D eigenvalue weighted by Crippen LogP contribution is -1.86. The normalized spacial score (nSPS) is 11.7. The number of fused-ring (bicyclic) bond motifs is 1. The first-order chi connectivity index (χ1) is 15.8. The maximum absolute atomic E-state index is 11.0. The molecule has 0 saturated carbocycles. The van der Waals surface area contributed by atoms with Crippen LogP contribution in [0.15, 0.2) is 81.1 Å². The van der Waals surface area contributed by atoms with Gasteiger partial charge >= 0.3 is 0 Å². The Morgan fingerprint density at radius 2 is 1.15 bits per heavy atom. The van der Waals surface area contributed by atoms with Crippen LogP contribution in [0.25, 0.3) is 10.8 Å². The molecule has 6 nitrogen and oxygen atoms in total. The zero-order valence-corrected chi connectivity index (χ0v) is 19.4. The van der Waals surface area contributed by atoms with Gasteiger partial charge in [0.25, 0.3) is 0 Å². The first kappa shape index (κ1) is 22.1. The number of rotatable bonds is 5. The lowest BCUT2D eigenvalue weighted by molar-refractivity contribution is 0.419. The Morgan fingerprint density at radius 3 is 1.67 bits per heavy atom. The molecule has 0 aromatic heterocycles. The first-order valence-corrected chi connectivity index (χ1v) is 10.7. The van der Waals surface area contributed by atoms with Gasteiger partial charge in [-0.05, 0) is 86.3 Å². The molecule has 0 aliphatic rings. The zero-order valence-electron chi connectivity index (χ0n) is 19.4. The third-order valence-electron chi connectivity index (χ3n) is 5.23. The Morgan fingerprint density at radius 1 is 0.636 bits per heavy atom. The van der Waals surface area contributed by atoms with Crippen molar-refractivity contribution in [2.24, 2.45) is 20.5 Å². The van der Waals surface area contributed by atoms with E-state index in [2.05, 4.69) is 32.6 Å². The molecule has 6 heteroatoms. The molecular weight excluding hydrogens is 412 g/mol. The fourth-order valence-electron chi connectivity index (χ4n) is 3.97. The summed E-state index contributed by atoms with van der Waals surface area (Å²) < 4.78 is 5.54. The van der Waals surface area contributed by atoms with Gasteiger partial charge in [-0.25, -0.2) is 0 Å². The molecule has 0 aliphatic carbocycles. The van der Waals surface area contributed by atoms with E-state index in [1.54, 1.807) is 19.2 Å². The number of azo groups is 2. The Hall–Kier alpha value is -4.06. The van der Waals surface area contributed by atoms with Crippen LogP contribution in [0.4, 0.5) is 22.7 Å². The molecule has 0 radical (unpaired) electrons. The average Bonchev–Trinajstić information content (AvgIpc) is 2.76. The van der Waals surface area contributed by atoms with E-state index in [0.717, 1.165) is 33.6 Å². The second-order valence-electron chi connectivity index (χ2n) is 8.24. The highest BCUT2D eigenvalue weighted by atomic mass is 16.5. The van der Waals surface area contributed by atoms with E-state index in [4.69, 9.17) is 4.74 Å². The Balaban J connectivity index is 1.86. The summed E-state index contributed by atoms with van der Waals surface area (Å²) in [6, 6.07) is 19.1. The number of methoxy groups -OCH3 is 1. The SMILES string of the molecule is COc1cccc2c(O)c(N=Nc3cc(C)cc(C)c3)cc(N=Nc3cc(C)cc(C)c3)c12. The second kappa shape index (κ2) is 9.20. The third kappa shape index (κ3) is 4.90. The van der Waals surface area contributed by atoms with Gasteiger partial charge in [0.2, 0.25) is 0 Å². The highest BCUT2D eigenvalue weighted by Crippen LogP contribution is 2.45. The number of aromatic hydroxyl groups is 1. The van der Waals surface area contributed by atoms with E-state index in [9.17, 15) is 5.11 Å². The van der Waals surface area contributed by atoms with Crippen LogP contribution in [0.3, 0.4) is 0 Å². The summed E-state index contributed by atoms with van der Waals surface area (Å²) >= 11 is 0. The Kier molecular flexibility index (Phi) is 6.18. The van der Waals surface area contributed by atoms with Crippen LogP contribution < -0.4 is 4.74 Å². The van der Waals surface area contributed by atoms with Crippen LogP contribution in [-0.2, 0) is 0 Å². The quantitative estimate of drug-likeness (QED) is 0.316. The number of nitrogens with zero attached hydrogens (tertiary/aromatic N) is 4. The minimum Gasteiger partial charge on any atom is -0.505 e. The molecule has 4 aromatic carbocycles. The topological polar surface area (TPSA) is 78.9 Å². The van der Waals surface area contributed by atoms with Gasteiger partial charge in [0.1, 0.15) is 11.4 Å². The van der Waals surface area contributed by atoms with Crippen LogP contribution in [0.5, 0.6) is 11.5 Å². The molecule has 4 rings (SSSR count). The molecule has 0 atom stereocenters. The van der Waals surface area contributed by atoms with Crippen LogP contribution in [-0.4, -0.2) is 12.2 Å². The van der Waals surface area contributed by atoms with Crippen LogP contribution in [0.1, 0.15) is 22.3 Å². The van der Waals surface area contributed by atoms with Gasteiger partial charge in [-0.3, -0.25) is 0 Å². The van der Waals surface area contributed by atoms with Gasteiger partial charge in [-0.1, -0.05) is 24.3 Å². The van der Waals surface area contributed by atoms with Crippen molar-refractivity contribution < 1.29 is 9.84 Å². The van der Waals surface area contributed by atoms with Crippen molar-refractivity contribution in [2.75, 3.05) is 7.11 Å². The van der Waals surface area contributed by atoms with Gasteiger partial charge in [0, 0.05) is 5.39 Å². The molecule has 0 amide bonds. The fraction of sp³-hybridized carbons (Fsp3) is 0.185. The van der Waals surface area contributed by atoms with E-state index in [1.165, 1.54) is 0 Å². The highest BCUT2D eigenvalue weighted by Gasteiger charge is 2.15. The van der Waals surface area contributed by atoms with Crippen LogP contribution in [0.2, 0.25) is 0 Å². The number of ether oxygens (including phenoxy) is 1. The van der Waals surface area contributed by atoms with Crippen molar-refractivity contribution in [1.29, 1.82) is 0 Å². The molecule has 0 aliphatic heterocycles. The van der Waals surface area contributed by atoms with Crippen molar-refractivity contribution in [2.45, 2.75) is 27.7 Å². The molecule has 0 unspecified atom stereocenters. The summed E-state index contributed by atoms with van der Waals surface area (Å²) in [5.41, 5.74) is 6.73. The van der Waals surface area contributed by atoms with Crippen molar-refractivity contribution in [3.8, 4) is 11.5 Å². The molecule has 166 valence electrons. The molecule has 33 heavy (non-hydrogen) atoms. The number of hydrogen-bond donors (Lipinski definition) is 1. The number of phenolic OH excluding ortho intramolecular Hbond substituents is 1. The molecular formula is C27H26N4O2. The molecule has 0 fully saturated rings. The highest BCUT2D eigenvalue weighted by molar-refractivity contribution is 6.04. The summed E-state index contributed by atoms with van der Waals surface area (Å²) in [6.45, 7) is 8.07. The number of benzene rings is 4. The van der Waals surface area contributed by atoms with Gasteiger partial charge in [0.15, 0.2) is 5.75 Å². The molecule has 1 N–H and O–H groups in total. The average molecular weight is 439 g/mol. The number of hydrogen-bond acceptors (Lipinski definition) is 6. The lowest BCUT2D eigenvalue weighted by atomic mass is 10.1. The molecule has 0 spiro atoms. The van der Waals surface area contributed by atoms with E-state index >= 15 is 0 Å². The fourth-order valence-corrected chi connectivity index (χ4v) is 3.97. The van der Waals surface area contributed by atoms with Crippen molar-refractivity contribution in [3.05, 3.63) is 82.9 Å². The van der Waals surface area contributed by atoms with Gasteiger partial charge < -0.3 is 9.84 Å². The summed E-state index contributed by atoms with van der Waals surface area (Å²) in [5, 5.41) is 29.8. The summed E-state index contributed by atoms with van der Waals surface area (Å²) in [5.74, 6) is 0.609. The summed E-state index contributed by atoms with van der Waals surface area (Å²) in [6.07, 6.45) is 0. The minimum absolute atomic E-state index is 0.0161. The van der Waals surface area contributed by atoms with E-state index < -0.39 is 0 Å². The Labute approximate surface area is 193 Å². The van der Waals surface area contributed by atoms with Crippen molar-refractivity contribution in [3.63, 3.8) is 0 Å². The second-order valence-corrected chi connectivity index (χ2v) is 8.24. The predicted molar refractivity (Wildman–Crippen MR) is 132 cm³/mol. The zero-order chi connectivity index (χ0) is 23.5. The molecule has 0 saturated heterocycles. The first-order valence-electron chi connectivity index (χ1n) is 10.7. The molecule has 0 bridgehead atoms. The maximum Gasteiger partial charge on any atom is 0.151 e. The maximum atomic E-state index is 11.0. The van der Waals surface area contributed by atoms with E-state index in [-0.39, 0.29) is 5.75 Å². The standard InChI is InChI=1S/C27H26N4O2/c1-16-9-17(2)12-20(11-16)28-30-23-15-24(31-29-21-13-18(3)10-19(4)14-21)27(32)22-7-6-8-25(33-5)26(22)23/h6-15,32H,1-5H3. The van der Waals surface area contributed by atoms with Crippen LogP contribution >= 0.6 is 0 Å².